The molecule has 1 aliphatic rings. The number of nitrogens with zero attached hydrogens (tertiary/aromatic N) is 3. The Kier molecular flexibility index (Phi) is 10.4. The summed E-state index contributed by atoms with van der Waals surface area (Å²) in [6.45, 7) is 0.298. The van der Waals surface area contributed by atoms with Crippen molar-refractivity contribution in [2.45, 2.75) is 50.5 Å². The summed E-state index contributed by atoms with van der Waals surface area (Å²) < 4.78 is 29.4. The van der Waals surface area contributed by atoms with Crippen molar-refractivity contribution in [1.82, 2.24) is 0 Å². The molecule has 0 spiro atoms. The molecule has 0 amide bonds. The molecule has 10 nitrogen and oxygen atoms in total. The van der Waals surface area contributed by atoms with Crippen LogP contribution in [0.25, 0.3) is 10.4 Å². The third kappa shape index (κ3) is 7.64. The third-order valence-corrected chi connectivity index (χ3v) is 6.38. The summed E-state index contributed by atoms with van der Waals surface area (Å²) in [5, 5.41) is 15.0. The van der Waals surface area contributed by atoms with E-state index in [9.17, 15) is 9.90 Å². The smallest absolute Gasteiger partial charge is 0.338 e. The minimum absolute atomic E-state index is 0.108. The number of carbonyl (C=O) groups is 1. The fraction of sp³-hybridized carbons (Fsp3) is 0.345. The van der Waals surface area contributed by atoms with Crippen LogP contribution in [0.15, 0.2) is 90.0 Å². The van der Waals surface area contributed by atoms with Gasteiger partial charge in [-0.25, -0.2) is 4.79 Å². The van der Waals surface area contributed by atoms with Gasteiger partial charge in [0.15, 0.2) is 6.29 Å². The van der Waals surface area contributed by atoms with E-state index in [1.807, 2.05) is 54.6 Å². The largest absolute Gasteiger partial charge is 0.459 e. The van der Waals surface area contributed by atoms with E-state index < -0.39 is 36.7 Å². The van der Waals surface area contributed by atoms with Crippen molar-refractivity contribution in [1.29, 1.82) is 0 Å². The normalized spacial score (nSPS) is 22.6. The molecule has 5 atom stereocenters. The van der Waals surface area contributed by atoms with E-state index in [1.54, 1.807) is 30.3 Å². The minimum Gasteiger partial charge on any atom is -0.459 e. The molecular weight excluding hydrogens is 502 g/mol. The molecule has 0 saturated carbocycles. The fourth-order valence-corrected chi connectivity index (χ4v) is 4.31. The van der Waals surface area contributed by atoms with E-state index >= 15 is 0 Å². The highest BCUT2D eigenvalue weighted by molar-refractivity contribution is 5.89. The van der Waals surface area contributed by atoms with Gasteiger partial charge in [0.05, 0.1) is 25.3 Å². The molecule has 204 valence electrons. The summed E-state index contributed by atoms with van der Waals surface area (Å²) in [7, 11) is 1.47. The van der Waals surface area contributed by atoms with Gasteiger partial charge in [-0.1, -0.05) is 77.9 Å². The molecule has 0 bridgehead atoms. The highest BCUT2D eigenvalue weighted by Crippen LogP contribution is 2.29. The zero-order valence-electron chi connectivity index (χ0n) is 21.5. The molecule has 0 unspecified atom stereocenters. The topological polar surface area (TPSA) is 132 Å². The van der Waals surface area contributed by atoms with Crippen molar-refractivity contribution in [3.8, 4) is 0 Å². The van der Waals surface area contributed by atoms with Crippen LogP contribution < -0.4 is 0 Å². The van der Waals surface area contributed by atoms with Crippen molar-refractivity contribution in [3.63, 3.8) is 0 Å². The van der Waals surface area contributed by atoms with Gasteiger partial charge in [0.25, 0.3) is 0 Å². The highest BCUT2D eigenvalue weighted by atomic mass is 16.7. The lowest BCUT2D eigenvalue weighted by atomic mass is 9.98. The SMILES string of the molecule is CO[C@H]1O[C@H](COC(=O)c2ccccc2)[C@@H](O)[C@H](OCc2ccccc2CN=[N+]=[N-])[C@H]1OCc1ccccc1. The lowest BCUT2D eigenvalue weighted by Crippen LogP contribution is -2.60. The molecule has 0 radical (unpaired) electrons. The first-order valence-electron chi connectivity index (χ1n) is 12.5. The first kappa shape index (κ1) is 28.3. The fourth-order valence-electron chi connectivity index (χ4n) is 4.31. The first-order chi connectivity index (χ1) is 19.1. The second kappa shape index (κ2) is 14.4. The summed E-state index contributed by atoms with van der Waals surface area (Å²) >= 11 is 0. The van der Waals surface area contributed by atoms with Crippen molar-refractivity contribution in [3.05, 3.63) is 118 Å². The molecule has 1 N–H and O–H groups in total. The van der Waals surface area contributed by atoms with Crippen LogP contribution in [0, 0.1) is 0 Å². The number of azide groups is 1. The van der Waals surface area contributed by atoms with Gasteiger partial charge in [0.1, 0.15) is 31.0 Å². The van der Waals surface area contributed by atoms with Gasteiger partial charge in [-0.15, -0.1) is 0 Å². The van der Waals surface area contributed by atoms with Crippen LogP contribution >= 0.6 is 0 Å². The Morgan fingerprint density at radius 2 is 1.56 bits per heavy atom. The zero-order valence-corrected chi connectivity index (χ0v) is 21.5. The van der Waals surface area contributed by atoms with Crippen molar-refractivity contribution in [2.24, 2.45) is 5.11 Å². The monoisotopic (exact) mass is 533 g/mol. The Labute approximate surface area is 226 Å². The maximum atomic E-state index is 12.5. The number of carbonyl (C=O) groups excluding carboxylic acids is 1. The lowest BCUT2D eigenvalue weighted by Gasteiger charge is -2.43. The molecule has 0 aromatic heterocycles. The Bertz CT molecular complexity index is 1240. The summed E-state index contributed by atoms with van der Waals surface area (Å²) in [5.74, 6) is -0.535. The Morgan fingerprint density at radius 3 is 2.26 bits per heavy atom. The minimum atomic E-state index is -1.20. The van der Waals surface area contributed by atoms with Crippen molar-refractivity contribution < 1.29 is 33.6 Å². The van der Waals surface area contributed by atoms with Gasteiger partial charge < -0.3 is 28.8 Å². The predicted octanol–water partition coefficient (Wildman–Crippen LogP) is 4.56. The third-order valence-electron chi connectivity index (χ3n) is 6.38. The Hall–Kier alpha value is -3.76. The van der Waals surface area contributed by atoms with Gasteiger partial charge in [0, 0.05) is 12.0 Å². The quantitative estimate of drug-likeness (QED) is 0.156. The number of methoxy groups -OCH3 is 1. The van der Waals surface area contributed by atoms with E-state index in [-0.39, 0.29) is 26.4 Å². The van der Waals surface area contributed by atoms with E-state index in [2.05, 4.69) is 10.0 Å². The number of benzene rings is 3. The molecule has 3 aromatic rings. The Balaban J connectivity index is 1.51. The lowest BCUT2D eigenvalue weighted by molar-refractivity contribution is -0.313. The predicted molar refractivity (Wildman–Crippen MR) is 141 cm³/mol. The van der Waals surface area contributed by atoms with E-state index in [0.29, 0.717) is 5.56 Å². The van der Waals surface area contributed by atoms with Crippen LogP contribution in [0.5, 0.6) is 0 Å². The molecular formula is C29H31N3O7. The van der Waals surface area contributed by atoms with Gasteiger partial charge in [0.2, 0.25) is 0 Å². The first-order valence-corrected chi connectivity index (χ1v) is 12.5. The van der Waals surface area contributed by atoms with E-state index in [0.717, 1.165) is 16.7 Å². The average molecular weight is 534 g/mol. The second-order valence-electron chi connectivity index (χ2n) is 8.93. The van der Waals surface area contributed by atoms with Crippen molar-refractivity contribution >= 4 is 5.97 Å². The van der Waals surface area contributed by atoms with Gasteiger partial charge >= 0.3 is 5.97 Å². The molecule has 1 heterocycles. The van der Waals surface area contributed by atoms with Crippen LogP contribution in [0.4, 0.5) is 0 Å². The maximum Gasteiger partial charge on any atom is 0.338 e. The van der Waals surface area contributed by atoms with Crippen LogP contribution in [0.3, 0.4) is 0 Å². The number of hydrogen-bond donors (Lipinski definition) is 1. The van der Waals surface area contributed by atoms with Crippen molar-refractivity contribution in [2.75, 3.05) is 13.7 Å². The van der Waals surface area contributed by atoms with Gasteiger partial charge in [-0.3, -0.25) is 0 Å². The van der Waals surface area contributed by atoms with Crippen LogP contribution in [-0.4, -0.2) is 55.5 Å². The molecule has 0 aliphatic carbocycles. The van der Waals surface area contributed by atoms with Crippen LogP contribution in [0.2, 0.25) is 0 Å². The zero-order chi connectivity index (χ0) is 27.5. The summed E-state index contributed by atoms with van der Waals surface area (Å²) in [6.07, 6.45) is -4.72. The molecule has 1 saturated heterocycles. The number of aliphatic hydroxyl groups is 1. The number of aliphatic hydroxyl groups excluding tert-OH is 1. The highest BCUT2D eigenvalue weighted by Gasteiger charge is 2.47. The average Bonchev–Trinajstić information content (AvgIpc) is 2.99. The van der Waals surface area contributed by atoms with Gasteiger partial charge in [-0.05, 0) is 34.4 Å². The molecule has 1 aliphatic heterocycles. The summed E-state index contributed by atoms with van der Waals surface area (Å²) in [5.41, 5.74) is 11.7. The number of hydrogen-bond acceptors (Lipinski definition) is 8. The summed E-state index contributed by atoms with van der Waals surface area (Å²) in [6, 6.07) is 25.6. The molecule has 3 aromatic carbocycles. The van der Waals surface area contributed by atoms with E-state index in [4.69, 9.17) is 29.2 Å². The van der Waals surface area contributed by atoms with Crippen LogP contribution in [0.1, 0.15) is 27.0 Å². The molecule has 4 rings (SSSR count). The number of ether oxygens (including phenoxy) is 5. The standard InChI is InChI=1S/C29H31N3O7/c1-35-29-27(36-17-20-10-4-2-5-11-20)26(37-18-23-15-9-8-14-22(23)16-31-32-30)25(33)24(39-29)19-38-28(34)21-12-6-3-7-13-21/h2-15,24-27,29,33H,16-19H2,1H3/t24-,25-,26+,27-,29+/m1/s1. The second-order valence-corrected chi connectivity index (χ2v) is 8.93. The van der Waals surface area contributed by atoms with Gasteiger partial charge in [-0.2, -0.15) is 0 Å². The van der Waals surface area contributed by atoms with Crippen LogP contribution in [-0.2, 0) is 43.4 Å². The molecule has 1 fully saturated rings. The van der Waals surface area contributed by atoms with E-state index in [1.165, 1.54) is 7.11 Å². The Morgan fingerprint density at radius 1 is 0.923 bits per heavy atom. The number of rotatable bonds is 12. The summed E-state index contributed by atoms with van der Waals surface area (Å²) in [4.78, 5) is 15.3. The molecule has 10 heteroatoms. The maximum absolute atomic E-state index is 12.5. The molecule has 39 heavy (non-hydrogen) atoms. The number of esters is 1.